The Labute approximate surface area is 86.7 Å². The van der Waals surface area contributed by atoms with Gasteiger partial charge in [-0.2, -0.15) is 0 Å². The number of hydrogen-bond acceptors (Lipinski definition) is 4. The minimum Gasteiger partial charge on any atom is -0.303 e. The largest absolute Gasteiger partial charge is 0.471 e. The summed E-state index contributed by atoms with van der Waals surface area (Å²) in [4.78, 5) is 33.8. The first-order valence-corrected chi connectivity index (χ1v) is 7.18. The molecule has 0 bridgehead atoms. The molecule has 4 N–H and O–H groups in total. The molecule has 0 aliphatic carbocycles. The average molecular weight is 264 g/mol. The van der Waals surface area contributed by atoms with E-state index < -0.39 is 21.9 Å². The van der Waals surface area contributed by atoms with Crippen molar-refractivity contribution in [2.45, 2.75) is 32.5 Å². The maximum atomic E-state index is 10.4. The molecule has 8 nitrogen and oxygen atoms in total. The molecule has 0 aliphatic rings. The molecule has 0 rings (SSSR count). The number of phosphoric acid groups is 2. The van der Waals surface area contributed by atoms with Gasteiger partial charge in [-0.1, -0.05) is 13.3 Å². The smallest absolute Gasteiger partial charge is 0.303 e. The van der Waals surface area contributed by atoms with E-state index >= 15 is 0 Å². The molecule has 0 saturated heterocycles. The molecule has 15 heavy (non-hydrogen) atoms. The van der Waals surface area contributed by atoms with E-state index in [9.17, 15) is 9.13 Å². The van der Waals surface area contributed by atoms with E-state index in [1.54, 1.807) is 6.92 Å². The van der Waals surface area contributed by atoms with E-state index in [2.05, 4.69) is 9.05 Å². The lowest BCUT2D eigenvalue weighted by Crippen LogP contribution is -2.14. The Balaban J connectivity index is 4.32. The fourth-order valence-corrected chi connectivity index (χ4v) is 1.78. The highest BCUT2D eigenvalue weighted by atomic mass is 31.2. The van der Waals surface area contributed by atoms with Crippen molar-refractivity contribution in [3.8, 4) is 0 Å². The van der Waals surface area contributed by atoms with Gasteiger partial charge in [0, 0.05) is 0 Å². The minimum absolute atomic E-state index is 0.00722. The Kier molecular flexibility index (Phi) is 6.17. The van der Waals surface area contributed by atoms with Crippen LogP contribution in [0.3, 0.4) is 0 Å². The molecule has 0 saturated carbocycles. The highest BCUT2D eigenvalue weighted by Gasteiger charge is 2.28. The summed E-state index contributed by atoms with van der Waals surface area (Å²) in [7, 11) is -9.63. The van der Waals surface area contributed by atoms with Gasteiger partial charge in [0.1, 0.15) is 0 Å². The fraction of sp³-hybridized carbons (Fsp3) is 1.00. The summed E-state index contributed by atoms with van der Waals surface area (Å²) < 4.78 is 29.0. The summed E-state index contributed by atoms with van der Waals surface area (Å²) in [6.07, 6.45) is -0.477. The predicted octanol–water partition coefficient (Wildman–Crippen LogP) is 0.721. The molecule has 0 unspecified atom stereocenters. The van der Waals surface area contributed by atoms with Crippen LogP contribution in [0.5, 0.6) is 0 Å². The Morgan fingerprint density at radius 3 is 1.73 bits per heavy atom. The molecular formula is C5H14O8P2. The second kappa shape index (κ2) is 6.08. The van der Waals surface area contributed by atoms with Gasteiger partial charge in [-0.3, -0.25) is 9.05 Å². The third kappa shape index (κ3) is 10.5. The van der Waals surface area contributed by atoms with Gasteiger partial charge in [-0.05, 0) is 12.8 Å². The van der Waals surface area contributed by atoms with Gasteiger partial charge in [0.15, 0.2) is 6.29 Å². The molecule has 0 spiro atoms. The van der Waals surface area contributed by atoms with Crippen LogP contribution in [0.15, 0.2) is 0 Å². The van der Waals surface area contributed by atoms with Crippen LogP contribution in [0, 0.1) is 0 Å². The number of hydrogen-bond donors (Lipinski definition) is 4. The van der Waals surface area contributed by atoms with Crippen molar-refractivity contribution in [2.24, 2.45) is 0 Å². The molecule has 10 heteroatoms. The van der Waals surface area contributed by atoms with Crippen molar-refractivity contribution in [1.82, 2.24) is 0 Å². The molecule has 0 aromatic rings. The van der Waals surface area contributed by atoms with Crippen LogP contribution in [0.2, 0.25) is 0 Å². The van der Waals surface area contributed by atoms with Crippen molar-refractivity contribution < 1.29 is 37.8 Å². The van der Waals surface area contributed by atoms with Crippen LogP contribution in [-0.2, 0) is 18.2 Å². The normalized spacial score (nSPS) is 13.5. The van der Waals surface area contributed by atoms with Crippen LogP contribution in [0.1, 0.15) is 26.2 Å². The van der Waals surface area contributed by atoms with Crippen LogP contribution in [0.25, 0.3) is 0 Å². The average Bonchev–Trinajstić information content (AvgIpc) is 1.94. The maximum Gasteiger partial charge on any atom is 0.471 e. The van der Waals surface area contributed by atoms with Gasteiger partial charge in [-0.25, -0.2) is 9.13 Å². The molecule has 0 fully saturated rings. The highest BCUT2D eigenvalue weighted by Crippen LogP contribution is 2.45. The minimum atomic E-state index is -4.82. The van der Waals surface area contributed by atoms with E-state index in [1.807, 2.05) is 0 Å². The third-order valence-electron chi connectivity index (χ3n) is 1.30. The summed E-state index contributed by atoms with van der Waals surface area (Å²) in [5.74, 6) is 0. The van der Waals surface area contributed by atoms with Crippen molar-refractivity contribution in [3.05, 3.63) is 0 Å². The van der Waals surface area contributed by atoms with Crippen LogP contribution < -0.4 is 0 Å². The highest BCUT2D eigenvalue weighted by molar-refractivity contribution is 7.47. The number of rotatable bonds is 7. The van der Waals surface area contributed by atoms with E-state index in [0.717, 1.165) is 0 Å². The summed E-state index contributed by atoms with van der Waals surface area (Å²) in [5.41, 5.74) is 0. The van der Waals surface area contributed by atoms with Gasteiger partial charge >= 0.3 is 15.6 Å². The summed E-state index contributed by atoms with van der Waals surface area (Å²) in [5, 5.41) is 0. The Bertz CT molecular complexity index is 242. The number of unbranched alkanes of at least 4 members (excludes halogenated alkanes) is 1. The zero-order valence-electron chi connectivity index (χ0n) is 8.01. The van der Waals surface area contributed by atoms with E-state index in [0.29, 0.717) is 12.8 Å². The molecule has 0 radical (unpaired) electrons. The van der Waals surface area contributed by atoms with Gasteiger partial charge in [0.05, 0.1) is 0 Å². The van der Waals surface area contributed by atoms with Crippen molar-refractivity contribution in [2.75, 3.05) is 0 Å². The Morgan fingerprint density at radius 1 is 1.07 bits per heavy atom. The molecule has 0 aliphatic heterocycles. The first-order valence-electron chi connectivity index (χ1n) is 4.12. The quantitative estimate of drug-likeness (QED) is 0.390. The van der Waals surface area contributed by atoms with Gasteiger partial charge in [-0.15, -0.1) is 0 Å². The molecule has 0 heterocycles. The second-order valence-corrected chi connectivity index (χ2v) is 5.15. The molecule has 0 aromatic heterocycles. The van der Waals surface area contributed by atoms with Crippen molar-refractivity contribution >= 4 is 15.6 Å². The second-order valence-electron chi connectivity index (χ2n) is 2.76. The maximum absolute atomic E-state index is 10.4. The summed E-state index contributed by atoms with van der Waals surface area (Å²) >= 11 is 0. The first-order chi connectivity index (χ1) is 6.64. The summed E-state index contributed by atoms with van der Waals surface area (Å²) in [6, 6.07) is 0. The van der Waals surface area contributed by atoms with E-state index in [4.69, 9.17) is 19.6 Å². The number of phosphoric ester groups is 2. The van der Waals surface area contributed by atoms with E-state index in [-0.39, 0.29) is 6.42 Å². The lowest BCUT2D eigenvalue weighted by molar-refractivity contribution is -0.0389. The molecule has 0 aromatic carbocycles. The zero-order chi connectivity index (χ0) is 12.1. The molecule has 92 valence electrons. The lowest BCUT2D eigenvalue weighted by Gasteiger charge is -2.18. The monoisotopic (exact) mass is 264 g/mol. The topological polar surface area (TPSA) is 134 Å². The van der Waals surface area contributed by atoms with Crippen LogP contribution in [0.4, 0.5) is 0 Å². The molecule has 0 atom stereocenters. The van der Waals surface area contributed by atoms with Crippen molar-refractivity contribution in [3.63, 3.8) is 0 Å². The Morgan fingerprint density at radius 2 is 1.47 bits per heavy atom. The molecule has 0 amide bonds. The van der Waals surface area contributed by atoms with Gasteiger partial charge in [0.2, 0.25) is 0 Å². The van der Waals surface area contributed by atoms with Crippen LogP contribution in [-0.4, -0.2) is 25.9 Å². The first kappa shape index (κ1) is 15.2. The standard InChI is InChI=1S/C5H14O8P2/c1-2-3-4-5(12-14(6,7)8)13-15(9,10)11/h5H,2-4H2,1H3,(H2,6,7,8)(H2,9,10,11). The zero-order valence-corrected chi connectivity index (χ0v) is 9.80. The van der Waals surface area contributed by atoms with Crippen molar-refractivity contribution in [1.29, 1.82) is 0 Å². The van der Waals surface area contributed by atoms with Crippen LogP contribution >= 0.6 is 15.6 Å². The van der Waals surface area contributed by atoms with E-state index in [1.165, 1.54) is 0 Å². The summed E-state index contributed by atoms with van der Waals surface area (Å²) in [6.45, 7) is 1.80. The SMILES string of the molecule is CCCCC(OP(=O)(O)O)OP(=O)(O)O. The molecular weight excluding hydrogens is 250 g/mol. The third-order valence-corrected chi connectivity index (χ3v) is 2.32. The lowest BCUT2D eigenvalue weighted by atomic mass is 10.2. The predicted molar refractivity (Wildman–Crippen MR) is 49.6 cm³/mol. The van der Waals surface area contributed by atoms with Gasteiger partial charge in [0.25, 0.3) is 0 Å². The Hall–Kier alpha value is 0.220. The van der Waals surface area contributed by atoms with Gasteiger partial charge < -0.3 is 19.6 Å². The fourth-order valence-electron chi connectivity index (χ4n) is 0.802.